The van der Waals surface area contributed by atoms with Gasteiger partial charge in [-0.1, -0.05) is 19.4 Å². The minimum Gasteiger partial charge on any atom is -0.371 e. The lowest BCUT2D eigenvalue weighted by molar-refractivity contribution is 0.399. The molecular formula is C18H29FN2. The van der Waals surface area contributed by atoms with Crippen molar-refractivity contribution < 1.29 is 4.39 Å². The number of nitrogens with zero attached hydrogens (tertiary/aromatic N) is 1. The molecule has 118 valence electrons. The number of piperidine rings is 1. The van der Waals surface area contributed by atoms with Crippen LogP contribution in [0.15, 0.2) is 18.2 Å². The van der Waals surface area contributed by atoms with Crippen LogP contribution in [-0.4, -0.2) is 18.6 Å². The minimum atomic E-state index is -0.0946. The van der Waals surface area contributed by atoms with E-state index in [0.717, 1.165) is 30.3 Å². The van der Waals surface area contributed by atoms with Gasteiger partial charge in [0.2, 0.25) is 0 Å². The van der Waals surface area contributed by atoms with E-state index in [1.807, 2.05) is 6.07 Å². The largest absolute Gasteiger partial charge is 0.371 e. The van der Waals surface area contributed by atoms with Crippen LogP contribution >= 0.6 is 0 Å². The molecule has 1 N–H and O–H groups in total. The van der Waals surface area contributed by atoms with E-state index >= 15 is 0 Å². The van der Waals surface area contributed by atoms with Gasteiger partial charge in [0.05, 0.1) is 0 Å². The van der Waals surface area contributed by atoms with Crippen LogP contribution < -0.4 is 10.2 Å². The molecular weight excluding hydrogens is 263 g/mol. The van der Waals surface area contributed by atoms with E-state index in [0.29, 0.717) is 6.54 Å². The normalized spacial score (nSPS) is 19.9. The summed E-state index contributed by atoms with van der Waals surface area (Å²) in [6.07, 6.45) is 3.72. The zero-order chi connectivity index (χ0) is 15.5. The second kappa shape index (κ2) is 6.78. The van der Waals surface area contributed by atoms with Gasteiger partial charge in [-0.15, -0.1) is 0 Å². The fourth-order valence-electron chi connectivity index (χ4n) is 2.99. The smallest absolute Gasteiger partial charge is 0.129 e. The predicted octanol–water partition coefficient (Wildman–Crippen LogP) is 4.34. The Hall–Kier alpha value is -1.09. The summed E-state index contributed by atoms with van der Waals surface area (Å²) in [4.78, 5) is 2.38. The van der Waals surface area contributed by atoms with Crippen molar-refractivity contribution in [1.82, 2.24) is 5.32 Å². The molecule has 1 atom stereocenters. The van der Waals surface area contributed by atoms with E-state index < -0.39 is 0 Å². The number of anilines is 1. The van der Waals surface area contributed by atoms with Gasteiger partial charge < -0.3 is 10.2 Å². The van der Waals surface area contributed by atoms with Crippen molar-refractivity contribution in [3.63, 3.8) is 0 Å². The van der Waals surface area contributed by atoms with Crippen LogP contribution in [0, 0.1) is 11.7 Å². The summed E-state index contributed by atoms with van der Waals surface area (Å²) in [5.74, 6) is 0.647. The highest BCUT2D eigenvalue weighted by Gasteiger charge is 2.22. The van der Waals surface area contributed by atoms with Crippen LogP contribution in [0.4, 0.5) is 10.1 Å². The first-order valence-electron chi connectivity index (χ1n) is 8.18. The molecule has 1 heterocycles. The fourth-order valence-corrected chi connectivity index (χ4v) is 2.99. The summed E-state index contributed by atoms with van der Waals surface area (Å²) in [5.41, 5.74) is 1.88. The Morgan fingerprint density at radius 3 is 2.76 bits per heavy atom. The molecule has 1 unspecified atom stereocenters. The Labute approximate surface area is 128 Å². The molecule has 0 spiro atoms. The Morgan fingerprint density at radius 1 is 1.33 bits per heavy atom. The van der Waals surface area contributed by atoms with E-state index in [-0.39, 0.29) is 11.4 Å². The number of benzene rings is 1. The van der Waals surface area contributed by atoms with Gasteiger partial charge in [-0.2, -0.15) is 0 Å². The molecule has 1 saturated heterocycles. The van der Waals surface area contributed by atoms with Crippen molar-refractivity contribution in [2.75, 3.05) is 18.0 Å². The molecule has 0 aromatic heterocycles. The van der Waals surface area contributed by atoms with Gasteiger partial charge in [0.15, 0.2) is 0 Å². The molecule has 0 aliphatic carbocycles. The Kier molecular flexibility index (Phi) is 5.26. The van der Waals surface area contributed by atoms with Crippen molar-refractivity contribution in [2.45, 2.75) is 59.0 Å². The third-order valence-corrected chi connectivity index (χ3v) is 4.33. The Balaban J connectivity index is 2.20. The Morgan fingerprint density at radius 2 is 2.10 bits per heavy atom. The van der Waals surface area contributed by atoms with Gasteiger partial charge in [0.1, 0.15) is 5.82 Å². The lowest BCUT2D eigenvalue weighted by Crippen LogP contribution is -2.38. The highest BCUT2D eigenvalue weighted by Crippen LogP contribution is 2.29. The maximum Gasteiger partial charge on any atom is 0.129 e. The molecule has 1 aliphatic rings. The van der Waals surface area contributed by atoms with Gasteiger partial charge in [0, 0.05) is 36.4 Å². The molecule has 1 aliphatic heterocycles. The van der Waals surface area contributed by atoms with Gasteiger partial charge in [-0.25, -0.2) is 4.39 Å². The third-order valence-electron chi connectivity index (χ3n) is 4.33. The quantitative estimate of drug-likeness (QED) is 0.888. The molecule has 1 aromatic carbocycles. The van der Waals surface area contributed by atoms with Crippen LogP contribution in [-0.2, 0) is 6.54 Å². The van der Waals surface area contributed by atoms with Crippen LogP contribution in [0.25, 0.3) is 0 Å². The van der Waals surface area contributed by atoms with Crippen LogP contribution in [0.3, 0.4) is 0 Å². The van der Waals surface area contributed by atoms with Crippen LogP contribution in [0.5, 0.6) is 0 Å². The summed E-state index contributed by atoms with van der Waals surface area (Å²) in [6, 6.07) is 5.48. The first kappa shape index (κ1) is 16.3. The topological polar surface area (TPSA) is 15.3 Å². The average Bonchev–Trinajstić information content (AvgIpc) is 2.45. The number of hydrogen-bond donors (Lipinski definition) is 1. The van der Waals surface area contributed by atoms with Crippen LogP contribution in [0.2, 0.25) is 0 Å². The molecule has 21 heavy (non-hydrogen) atoms. The first-order chi connectivity index (χ1) is 9.90. The number of hydrogen-bond acceptors (Lipinski definition) is 2. The number of rotatable bonds is 4. The second-order valence-electron chi connectivity index (χ2n) is 7.20. The SMILES string of the molecule is CCC1CCCN(c2cccc(F)c2CNC(C)(C)C)C1. The molecule has 1 aromatic rings. The highest BCUT2D eigenvalue weighted by molar-refractivity contribution is 5.54. The van der Waals surface area contributed by atoms with Crippen molar-refractivity contribution in [3.05, 3.63) is 29.6 Å². The van der Waals surface area contributed by atoms with Gasteiger partial charge >= 0.3 is 0 Å². The molecule has 0 bridgehead atoms. The van der Waals surface area contributed by atoms with Gasteiger partial charge in [-0.05, 0) is 51.7 Å². The second-order valence-corrected chi connectivity index (χ2v) is 7.20. The third kappa shape index (κ3) is 4.44. The molecule has 0 amide bonds. The molecule has 2 rings (SSSR count). The number of halogens is 1. The summed E-state index contributed by atoms with van der Waals surface area (Å²) >= 11 is 0. The standard InChI is InChI=1S/C18H29FN2/c1-5-14-8-7-11-21(13-14)17-10-6-9-16(19)15(17)12-20-18(2,3)4/h6,9-10,14,20H,5,7-8,11-13H2,1-4H3. The molecule has 1 fully saturated rings. The number of nitrogens with one attached hydrogen (secondary N) is 1. The van der Waals surface area contributed by atoms with Crippen molar-refractivity contribution in [1.29, 1.82) is 0 Å². The van der Waals surface area contributed by atoms with E-state index in [9.17, 15) is 4.39 Å². The molecule has 0 radical (unpaired) electrons. The summed E-state index contributed by atoms with van der Waals surface area (Å²) in [5, 5.41) is 3.42. The maximum absolute atomic E-state index is 14.3. The van der Waals surface area contributed by atoms with Crippen molar-refractivity contribution >= 4 is 5.69 Å². The maximum atomic E-state index is 14.3. The van der Waals surface area contributed by atoms with Crippen molar-refractivity contribution in [3.8, 4) is 0 Å². The predicted molar refractivity (Wildman–Crippen MR) is 88.2 cm³/mol. The van der Waals surface area contributed by atoms with E-state index in [4.69, 9.17) is 0 Å². The molecule has 0 saturated carbocycles. The lowest BCUT2D eigenvalue weighted by atomic mass is 9.94. The summed E-state index contributed by atoms with van der Waals surface area (Å²) in [6.45, 7) is 11.3. The molecule has 2 nitrogen and oxygen atoms in total. The van der Waals surface area contributed by atoms with E-state index in [2.05, 4.69) is 44.0 Å². The minimum absolute atomic E-state index is 0.00654. The van der Waals surface area contributed by atoms with Crippen molar-refractivity contribution in [2.24, 2.45) is 5.92 Å². The van der Waals surface area contributed by atoms with Crippen LogP contribution in [0.1, 0.15) is 52.5 Å². The summed E-state index contributed by atoms with van der Waals surface area (Å²) < 4.78 is 14.3. The van der Waals surface area contributed by atoms with E-state index in [1.165, 1.54) is 19.3 Å². The average molecular weight is 292 g/mol. The zero-order valence-electron chi connectivity index (χ0n) is 13.9. The van der Waals surface area contributed by atoms with E-state index in [1.54, 1.807) is 6.07 Å². The summed E-state index contributed by atoms with van der Waals surface area (Å²) in [7, 11) is 0. The van der Waals surface area contributed by atoms with Gasteiger partial charge in [-0.3, -0.25) is 0 Å². The monoisotopic (exact) mass is 292 g/mol. The Bertz CT molecular complexity index is 465. The molecule has 3 heteroatoms. The highest BCUT2D eigenvalue weighted by atomic mass is 19.1. The fraction of sp³-hybridized carbons (Fsp3) is 0.667. The lowest BCUT2D eigenvalue weighted by Gasteiger charge is -2.35. The van der Waals surface area contributed by atoms with Gasteiger partial charge in [0.25, 0.3) is 0 Å². The zero-order valence-corrected chi connectivity index (χ0v) is 13.9. The first-order valence-corrected chi connectivity index (χ1v) is 8.18.